The first-order valence-corrected chi connectivity index (χ1v) is 3.25. The van der Waals surface area contributed by atoms with Crippen LogP contribution in [0.1, 0.15) is 0 Å². The molecule has 12 heavy (non-hydrogen) atoms. The Morgan fingerprint density at radius 3 is 2.92 bits per heavy atom. The maximum atomic E-state index is 12.5. The molecule has 0 aliphatic rings. The van der Waals surface area contributed by atoms with Crippen molar-refractivity contribution in [2.24, 2.45) is 0 Å². The lowest BCUT2D eigenvalue weighted by Crippen LogP contribution is -2.35. The van der Waals surface area contributed by atoms with E-state index in [1.54, 1.807) is 0 Å². The van der Waals surface area contributed by atoms with Crippen LogP contribution in [0, 0.1) is 5.82 Å². The lowest BCUT2D eigenvalue weighted by Gasteiger charge is -1.97. The van der Waals surface area contributed by atoms with Gasteiger partial charge in [0.15, 0.2) is 0 Å². The van der Waals surface area contributed by atoms with Crippen LogP contribution in [0.3, 0.4) is 0 Å². The number of allylic oxidation sites excluding steroid dienone is 1. The van der Waals surface area contributed by atoms with E-state index in [1.807, 2.05) is 0 Å². The highest BCUT2D eigenvalue weighted by Gasteiger charge is 2.03. The molecule has 0 aliphatic carbocycles. The zero-order valence-electron chi connectivity index (χ0n) is 6.21. The van der Waals surface area contributed by atoms with Gasteiger partial charge in [-0.25, -0.2) is 4.79 Å². The van der Waals surface area contributed by atoms with Crippen LogP contribution >= 0.6 is 0 Å². The Hall–Kier alpha value is -1.65. The molecule has 1 N–H and O–H groups in total. The van der Waals surface area contributed by atoms with E-state index in [0.29, 0.717) is 0 Å². The van der Waals surface area contributed by atoms with Crippen molar-refractivity contribution in [3.05, 3.63) is 45.5 Å². The minimum absolute atomic E-state index is 0.00588. The van der Waals surface area contributed by atoms with Gasteiger partial charge < -0.3 is 4.98 Å². The number of hydrogen-bond acceptors (Lipinski definition) is 2. The van der Waals surface area contributed by atoms with E-state index in [0.717, 1.165) is 10.8 Å². The summed E-state index contributed by atoms with van der Waals surface area (Å²) in [5.41, 5.74) is -1.57. The summed E-state index contributed by atoms with van der Waals surface area (Å²) in [6.07, 6.45) is 2.08. The average molecular weight is 170 g/mol. The van der Waals surface area contributed by atoms with Crippen molar-refractivity contribution in [2.45, 2.75) is 6.54 Å². The predicted octanol–water partition coefficient (Wildman–Crippen LogP) is -0.138. The Labute approximate surface area is 67.0 Å². The minimum Gasteiger partial charge on any atom is -0.311 e. The molecule has 0 aliphatic heterocycles. The number of hydrogen-bond donors (Lipinski definition) is 1. The van der Waals surface area contributed by atoms with E-state index < -0.39 is 17.1 Å². The Morgan fingerprint density at radius 2 is 2.33 bits per heavy atom. The highest BCUT2D eigenvalue weighted by atomic mass is 19.1. The summed E-state index contributed by atoms with van der Waals surface area (Å²) in [7, 11) is 0. The highest BCUT2D eigenvalue weighted by Crippen LogP contribution is 1.80. The fourth-order valence-electron chi connectivity index (χ4n) is 0.781. The molecule has 0 fully saturated rings. The molecule has 0 bridgehead atoms. The van der Waals surface area contributed by atoms with Gasteiger partial charge in [-0.15, -0.1) is 6.58 Å². The zero-order valence-corrected chi connectivity index (χ0v) is 6.21. The minimum atomic E-state index is -0.976. The van der Waals surface area contributed by atoms with E-state index >= 15 is 0 Å². The maximum Gasteiger partial charge on any atom is 0.328 e. The first kappa shape index (κ1) is 8.45. The SMILES string of the molecule is C=CCn1c(=O)[nH]cc(F)c1=O. The molecule has 64 valence electrons. The van der Waals surface area contributed by atoms with Crippen molar-refractivity contribution in [2.75, 3.05) is 0 Å². The van der Waals surface area contributed by atoms with Crippen molar-refractivity contribution in [3.63, 3.8) is 0 Å². The molecule has 4 nitrogen and oxygen atoms in total. The quantitative estimate of drug-likeness (QED) is 0.628. The molecule has 1 heterocycles. The smallest absolute Gasteiger partial charge is 0.311 e. The molecular formula is C7H7FN2O2. The van der Waals surface area contributed by atoms with Crippen molar-refractivity contribution in [3.8, 4) is 0 Å². The van der Waals surface area contributed by atoms with Crippen LogP contribution in [-0.2, 0) is 6.54 Å². The van der Waals surface area contributed by atoms with Gasteiger partial charge in [0.1, 0.15) is 0 Å². The molecule has 1 aromatic heterocycles. The van der Waals surface area contributed by atoms with Crippen LogP contribution in [0.4, 0.5) is 4.39 Å². The summed E-state index contributed by atoms with van der Waals surface area (Å²) in [6.45, 7) is 3.34. The van der Waals surface area contributed by atoms with Gasteiger partial charge in [0, 0.05) is 12.7 Å². The third-order valence-corrected chi connectivity index (χ3v) is 1.33. The summed E-state index contributed by atoms with van der Waals surface area (Å²) in [6, 6.07) is 0. The van der Waals surface area contributed by atoms with E-state index in [9.17, 15) is 14.0 Å². The van der Waals surface area contributed by atoms with Crippen LogP contribution < -0.4 is 11.2 Å². The Morgan fingerprint density at radius 1 is 1.67 bits per heavy atom. The Bertz CT molecular complexity index is 405. The summed E-state index contributed by atoms with van der Waals surface area (Å²) >= 11 is 0. The van der Waals surface area contributed by atoms with Gasteiger partial charge >= 0.3 is 5.69 Å². The van der Waals surface area contributed by atoms with Gasteiger partial charge in [0.2, 0.25) is 5.82 Å². The number of nitrogens with one attached hydrogen (secondary N) is 1. The third-order valence-electron chi connectivity index (χ3n) is 1.33. The lowest BCUT2D eigenvalue weighted by molar-refractivity contribution is 0.560. The van der Waals surface area contributed by atoms with Crippen LogP contribution in [0.2, 0.25) is 0 Å². The highest BCUT2D eigenvalue weighted by molar-refractivity contribution is 4.88. The second-order valence-corrected chi connectivity index (χ2v) is 2.15. The second kappa shape index (κ2) is 3.17. The molecule has 0 aromatic carbocycles. The van der Waals surface area contributed by atoms with Gasteiger partial charge in [-0.05, 0) is 0 Å². The number of nitrogens with zero attached hydrogens (tertiary/aromatic N) is 1. The summed E-state index contributed by atoms with van der Waals surface area (Å²) in [4.78, 5) is 23.9. The van der Waals surface area contributed by atoms with E-state index in [1.165, 1.54) is 6.08 Å². The predicted molar refractivity (Wildman–Crippen MR) is 41.5 cm³/mol. The number of H-pyrrole nitrogens is 1. The van der Waals surface area contributed by atoms with Crippen LogP contribution in [-0.4, -0.2) is 9.55 Å². The first-order chi connectivity index (χ1) is 5.66. The molecule has 1 aromatic rings. The summed E-state index contributed by atoms with van der Waals surface area (Å²) < 4.78 is 13.3. The largest absolute Gasteiger partial charge is 0.328 e. The van der Waals surface area contributed by atoms with Gasteiger partial charge in [-0.2, -0.15) is 4.39 Å². The van der Waals surface area contributed by atoms with Crippen LogP contribution in [0.25, 0.3) is 0 Å². The molecule has 0 saturated carbocycles. The fourth-order valence-corrected chi connectivity index (χ4v) is 0.781. The Kier molecular flexibility index (Phi) is 2.23. The average Bonchev–Trinajstić information content (AvgIpc) is 2.06. The van der Waals surface area contributed by atoms with Gasteiger partial charge in [0.25, 0.3) is 5.56 Å². The zero-order chi connectivity index (χ0) is 9.14. The molecule has 0 saturated heterocycles. The van der Waals surface area contributed by atoms with Crippen molar-refractivity contribution >= 4 is 0 Å². The van der Waals surface area contributed by atoms with Gasteiger partial charge in [-0.1, -0.05) is 6.08 Å². The van der Waals surface area contributed by atoms with Crippen LogP contribution in [0.5, 0.6) is 0 Å². The first-order valence-electron chi connectivity index (χ1n) is 3.25. The topological polar surface area (TPSA) is 54.9 Å². The molecule has 1 rings (SSSR count). The summed E-state index contributed by atoms with van der Waals surface area (Å²) in [5.74, 6) is -0.976. The number of aromatic amines is 1. The molecule has 0 unspecified atom stereocenters. The van der Waals surface area contributed by atoms with Gasteiger partial charge in [0.05, 0.1) is 0 Å². The van der Waals surface area contributed by atoms with Gasteiger partial charge in [-0.3, -0.25) is 9.36 Å². The fraction of sp³-hybridized carbons (Fsp3) is 0.143. The third kappa shape index (κ3) is 1.34. The standard InChI is InChI=1S/C7H7FN2O2/c1-2-3-10-6(11)5(8)4-9-7(10)12/h2,4H,1,3H2,(H,9,12). The Balaban J connectivity index is 3.43. The molecular weight excluding hydrogens is 163 g/mol. The van der Waals surface area contributed by atoms with Crippen molar-refractivity contribution < 1.29 is 4.39 Å². The van der Waals surface area contributed by atoms with E-state index in [4.69, 9.17) is 0 Å². The molecule has 0 atom stereocenters. The second-order valence-electron chi connectivity index (χ2n) is 2.15. The molecule has 5 heteroatoms. The number of halogens is 1. The molecule has 0 amide bonds. The lowest BCUT2D eigenvalue weighted by atomic mass is 10.5. The monoisotopic (exact) mass is 170 g/mol. The van der Waals surface area contributed by atoms with E-state index in [2.05, 4.69) is 11.6 Å². The number of rotatable bonds is 2. The van der Waals surface area contributed by atoms with Crippen molar-refractivity contribution in [1.82, 2.24) is 9.55 Å². The van der Waals surface area contributed by atoms with Crippen molar-refractivity contribution in [1.29, 1.82) is 0 Å². The molecule has 0 spiro atoms. The van der Waals surface area contributed by atoms with E-state index in [-0.39, 0.29) is 6.54 Å². The molecule has 0 radical (unpaired) electrons. The normalized spacial score (nSPS) is 9.75. The number of aromatic nitrogens is 2. The maximum absolute atomic E-state index is 12.5. The summed E-state index contributed by atoms with van der Waals surface area (Å²) in [5, 5.41) is 0. The van der Waals surface area contributed by atoms with Crippen LogP contribution in [0.15, 0.2) is 28.4 Å².